The molecule has 1 fully saturated rings. The Bertz CT molecular complexity index is 1490. The molecule has 2 heterocycles. The molecule has 0 saturated carbocycles. The first-order chi connectivity index (χ1) is 18.2. The highest BCUT2D eigenvalue weighted by Crippen LogP contribution is 2.48. The minimum atomic E-state index is -0.232. The zero-order valence-corrected chi connectivity index (χ0v) is 22.5. The molecule has 0 N–H and O–H groups in total. The van der Waals surface area contributed by atoms with Crippen LogP contribution in [0.3, 0.4) is 0 Å². The molecule has 194 valence electrons. The van der Waals surface area contributed by atoms with E-state index in [0.29, 0.717) is 12.1 Å². The molecule has 2 aliphatic rings. The molecule has 0 atom stereocenters. The van der Waals surface area contributed by atoms with Crippen molar-refractivity contribution in [2.24, 2.45) is 0 Å². The van der Waals surface area contributed by atoms with E-state index in [9.17, 15) is 9.18 Å². The molecular formula is C34H35FN2O. The van der Waals surface area contributed by atoms with Crippen LogP contribution in [0.5, 0.6) is 0 Å². The summed E-state index contributed by atoms with van der Waals surface area (Å²) in [6.45, 7) is 10.1. The highest BCUT2D eigenvalue weighted by molar-refractivity contribution is 6.09. The number of carbonyl (C=O) groups is 1. The van der Waals surface area contributed by atoms with Gasteiger partial charge >= 0.3 is 0 Å². The molecule has 4 heteroatoms. The number of halogens is 1. The summed E-state index contributed by atoms with van der Waals surface area (Å²) in [4.78, 5) is 18.2. The predicted molar refractivity (Wildman–Crippen MR) is 153 cm³/mol. The number of amides is 1. The summed E-state index contributed by atoms with van der Waals surface area (Å²) in [7, 11) is 0. The first-order valence-electron chi connectivity index (χ1n) is 13.6. The Hall–Kier alpha value is -3.50. The molecule has 0 bridgehead atoms. The van der Waals surface area contributed by atoms with Gasteiger partial charge in [-0.15, -0.1) is 0 Å². The third-order valence-corrected chi connectivity index (χ3v) is 8.56. The smallest absolute Gasteiger partial charge is 0.258 e. The number of piperidine rings is 1. The van der Waals surface area contributed by atoms with Crippen LogP contribution in [0.4, 0.5) is 10.1 Å². The van der Waals surface area contributed by atoms with Crippen LogP contribution in [0, 0.1) is 5.82 Å². The van der Waals surface area contributed by atoms with Gasteiger partial charge in [-0.05, 0) is 89.1 Å². The summed E-state index contributed by atoms with van der Waals surface area (Å²) >= 11 is 0. The number of carbonyl (C=O) groups excluding carboxylic acids is 1. The number of benzene rings is 4. The number of hydrogen-bond acceptors (Lipinski definition) is 2. The van der Waals surface area contributed by atoms with E-state index in [1.807, 2.05) is 41.3 Å². The van der Waals surface area contributed by atoms with Gasteiger partial charge in [0.25, 0.3) is 5.91 Å². The monoisotopic (exact) mass is 506 g/mol. The van der Waals surface area contributed by atoms with Gasteiger partial charge in [-0.2, -0.15) is 0 Å². The van der Waals surface area contributed by atoms with Gasteiger partial charge in [0, 0.05) is 29.8 Å². The van der Waals surface area contributed by atoms with Crippen LogP contribution >= 0.6 is 0 Å². The van der Waals surface area contributed by atoms with Crippen LogP contribution in [0.15, 0.2) is 84.9 Å². The fourth-order valence-electron chi connectivity index (χ4n) is 6.24. The second kappa shape index (κ2) is 9.36. The Morgan fingerprint density at radius 1 is 0.868 bits per heavy atom. The van der Waals surface area contributed by atoms with E-state index in [1.54, 1.807) is 12.1 Å². The highest BCUT2D eigenvalue weighted by atomic mass is 19.1. The molecule has 1 saturated heterocycles. The third kappa shape index (κ3) is 4.52. The Morgan fingerprint density at radius 3 is 2.29 bits per heavy atom. The quantitative estimate of drug-likeness (QED) is 0.288. The summed E-state index contributed by atoms with van der Waals surface area (Å²) in [5.41, 5.74) is 5.12. The van der Waals surface area contributed by atoms with E-state index in [-0.39, 0.29) is 22.6 Å². The zero-order valence-electron chi connectivity index (χ0n) is 22.5. The zero-order chi connectivity index (χ0) is 26.5. The number of hydrogen-bond donors (Lipinski definition) is 0. The molecule has 38 heavy (non-hydrogen) atoms. The lowest BCUT2D eigenvalue weighted by Crippen LogP contribution is -2.45. The Morgan fingerprint density at radius 2 is 1.58 bits per heavy atom. The first kappa shape index (κ1) is 24.8. The summed E-state index contributed by atoms with van der Waals surface area (Å²) in [5, 5.41) is 2.17. The van der Waals surface area contributed by atoms with Crippen molar-refractivity contribution in [1.82, 2.24) is 4.90 Å². The lowest BCUT2D eigenvalue weighted by atomic mass is 9.74. The number of nitrogens with zero attached hydrogens (tertiary/aromatic N) is 2. The van der Waals surface area contributed by atoms with Gasteiger partial charge in [-0.1, -0.05) is 75.4 Å². The van der Waals surface area contributed by atoms with Crippen molar-refractivity contribution in [2.75, 3.05) is 24.5 Å². The summed E-state index contributed by atoms with van der Waals surface area (Å²) in [5.74, 6) is -0.244. The van der Waals surface area contributed by atoms with Crippen LogP contribution in [-0.2, 0) is 17.4 Å². The van der Waals surface area contributed by atoms with Crippen LogP contribution in [-0.4, -0.2) is 30.4 Å². The fraction of sp³-hybridized carbons (Fsp3) is 0.324. The number of likely N-dealkylation sites (tertiary alicyclic amines) is 1. The second-order valence-corrected chi connectivity index (χ2v) is 12.1. The van der Waals surface area contributed by atoms with Crippen molar-refractivity contribution >= 4 is 22.4 Å². The van der Waals surface area contributed by atoms with Crippen LogP contribution < -0.4 is 4.90 Å². The van der Waals surface area contributed by atoms with Crippen molar-refractivity contribution < 1.29 is 9.18 Å². The lowest BCUT2D eigenvalue weighted by molar-refractivity contribution is 0.0975. The van der Waals surface area contributed by atoms with Gasteiger partial charge in [0.15, 0.2) is 0 Å². The topological polar surface area (TPSA) is 23.6 Å². The molecule has 1 amide bonds. The van der Waals surface area contributed by atoms with Crippen LogP contribution in [0.2, 0.25) is 0 Å². The van der Waals surface area contributed by atoms with Crippen molar-refractivity contribution in [2.45, 2.75) is 51.0 Å². The first-order valence-corrected chi connectivity index (χ1v) is 13.6. The Balaban J connectivity index is 1.22. The normalized spacial score (nSPS) is 17.2. The van der Waals surface area contributed by atoms with E-state index in [0.717, 1.165) is 54.5 Å². The number of fused-ring (bicyclic) bond motifs is 3. The van der Waals surface area contributed by atoms with Crippen molar-refractivity contribution in [1.29, 1.82) is 0 Å². The Labute approximate surface area is 224 Å². The molecule has 1 spiro atoms. The van der Waals surface area contributed by atoms with Gasteiger partial charge < -0.3 is 4.90 Å². The highest BCUT2D eigenvalue weighted by Gasteiger charge is 2.46. The van der Waals surface area contributed by atoms with Crippen molar-refractivity contribution in [3.8, 4) is 0 Å². The number of rotatable bonds is 3. The average molecular weight is 507 g/mol. The SMILES string of the molecule is CC(C)(C)c1ccc(CN2CCC3(CC2)CN(C(=O)c2ccc4ccccc4c2)c2ccc(F)cc23)cc1. The van der Waals surface area contributed by atoms with Gasteiger partial charge in [0.05, 0.1) is 0 Å². The molecule has 6 rings (SSSR count). The minimum absolute atomic E-state index is 0.0122. The second-order valence-electron chi connectivity index (χ2n) is 12.1. The number of anilines is 1. The standard InChI is InChI=1S/C34H35FN2O/c1-33(2,3)28-12-8-24(9-13-28)22-36-18-16-34(17-19-36)23-37(31-15-14-29(35)21-30(31)34)32(38)27-11-10-25-6-4-5-7-26(25)20-27/h4-15,20-21H,16-19,22-23H2,1-3H3. The minimum Gasteiger partial charge on any atom is -0.307 e. The van der Waals surface area contributed by atoms with Gasteiger partial charge in [-0.3, -0.25) is 9.69 Å². The third-order valence-electron chi connectivity index (χ3n) is 8.56. The maximum absolute atomic E-state index is 14.5. The molecule has 0 aliphatic carbocycles. The van der Waals surface area contributed by atoms with E-state index >= 15 is 0 Å². The lowest BCUT2D eigenvalue weighted by Gasteiger charge is -2.40. The molecule has 4 aromatic rings. The molecule has 3 nitrogen and oxygen atoms in total. The fourth-order valence-corrected chi connectivity index (χ4v) is 6.24. The van der Waals surface area contributed by atoms with Crippen LogP contribution in [0.1, 0.15) is 60.7 Å². The van der Waals surface area contributed by atoms with Crippen molar-refractivity contribution in [3.63, 3.8) is 0 Å². The van der Waals surface area contributed by atoms with E-state index in [1.165, 1.54) is 17.2 Å². The van der Waals surface area contributed by atoms with Crippen LogP contribution in [0.25, 0.3) is 10.8 Å². The predicted octanol–water partition coefficient (Wildman–Crippen LogP) is 7.47. The van der Waals surface area contributed by atoms with E-state index < -0.39 is 0 Å². The van der Waals surface area contributed by atoms with Gasteiger partial charge in [0.1, 0.15) is 5.82 Å². The molecule has 2 aliphatic heterocycles. The van der Waals surface area contributed by atoms with Gasteiger partial charge in [-0.25, -0.2) is 4.39 Å². The van der Waals surface area contributed by atoms with E-state index in [2.05, 4.69) is 56.0 Å². The maximum atomic E-state index is 14.5. The summed E-state index contributed by atoms with van der Waals surface area (Å²) in [6, 6.07) is 27.9. The molecule has 0 unspecified atom stereocenters. The summed E-state index contributed by atoms with van der Waals surface area (Å²) < 4.78 is 14.5. The molecular weight excluding hydrogens is 471 g/mol. The average Bonchev–Trinajstić information content (AvgIpc) is 3.22. The molecule has 0 radical (unpaired) electrons. The van der Waals surface area contributed by atoms with E-state index in [4.69, 9.17) is 0 Å². The van der Waals surface area contributed by atoms with Gasteiger partial charge in [0.2, 0.25) is 0 Å². The maximum Gasteiger partial charge on any atom is 0.258 e. The Kier molecular flexibility index (Phi) is 6.11. The van der Waals surface area contributed by atoms with Crippen molar-refractivity contribution in [3.05, 3.63) is 113 Å². The largest absolute Gasteiger partial charge is 0.307 e. The molecule has 0 aromatic heterocycles. The summed E-state index contributed by atoms with van der Waals surface area (Å²) in [6.07, 6.45) is 1.82. The molecule has 4 aromatic carbocycles.